The van der Waals surface area contributed by atoms with Crippen molar-refractivity contribution in [1.82, 2.24) is 0 Å². The lowest BCUT2D eigenvalue weighted by Gasteiger charge is -2.10. The third-order valence-electron chi connectivity index (χ3n) is 2.52. The quantitative estimate of drug-likeness (QED) is 0.881. The zero-order valence-corrected chi connectivity index (χ0v) is 10.0. The van der Waals surface area contributed by atoms with Crippen LogP contribution in [-0.4, -0.2) is 11.7 Å². The van der Waals surface area contributed by atoms with Crippen molar-refractivity contribution >= 4 is 0 Å². The molecule has 0 fully saturated rings. The van der Waals surface area contributed by atoms with Crippen molar-refractivity contribution < 1.29 is 14.3 Å². The van der Waals surface area contributed by atoms with Crippen LogP contribution in [0.4, 0.5) is 0 Å². The second-order valence-electron chi connectivity index (χ2n) is 4.09. The summed E-state index contributed by atoms with van der Waals surface area (Å²) in [4.78, 5) is 0. The van der Waals surface area contributed by atoms with E-state index in [4.69, 9.17) is 9.15 Å². The molecule has 17 heavy (non-hydrogen) atoms. The third kappa shape index (κ3) is 3.11. The second kappa shape index (κ2) is 5.06. The van der Waals surface area contributed by atoms with Gasteiger partial charge in [-0.1, -0.05) is 17.7 Å². The van der Waals surface area contributed by atoms with Crippen LogP contribution in [0.1, 0.15) is 23.2 Å². The molecule has 1 N–H and O–H groups in total. The number of rotatable bonds is 4. The van der Waals surface area contributed by atoms with Crippen molar-refractivity contribution in [2.75, 3.05) is 6.61 Å². The van der Waals surface area contributed by atoms with E-state index in [1.807, 2.05) is 44.2 Å². The fourth-order valence-corrected chi connectivity index (χ4v) is 1.52. The minimum absolute atomic E-state index is 0.190. The van der Waals surface area contributed by atoms with E-state index in [9.17, 15) is 5.11 Å². The molecule has 3 nitrogen and oxygen atoms in total. The van der Waals surface area contributed by atoms with E-state index < -0.39 is 6.10 Å². The number of furan rings is 1. The first-order valence-electron chi connectivity index (χ1n) is 5.59. The first-order valence-corrected chi connectivity index (χ1v) is 5.59. The molecular weight excluding hydrogens is 216 g/mol. The van der Waals surface area contributed by atoms with Gasteiger partial charge in [-0.3, -0.25) is 0 Å². The molecule has 1 atom stereocenters. The Balaban J connectivity index is 1.92. The third-order valence-corrected chi connectivity index (χ3v) is 2.52. The van der Waals surface area contributed by atoms with Crippen LogP contribution in [-0.2, 0) is 0 Å². The number of hydrogen-bond acceptors (Lipinski definition) is 3. The van der Waals surface area contributed by atoms with Gasteiger partial charge in [0.25, 0.3) is 0 Å². The SMILES string of the molecule is Cc1ccc(OCC(O)c2ccc(C)o2)cc1. The Labute approximate surface area is 101 Å². The molecule has 0 amide bonds. The Hall–Kier alpha value is -1.74. The zero-order valence-electron chi connectivity index (χ0n) is 10.0. The Bertz CT molecular complexity index is 470. The van der Waals surface area contributed by atoms with Gasteiger partial charge in [0.2, 0.25) is 0 Å². The Morgan fingerprint density at radius 3 is 2.41 bits per heavy atom. The lowest BCUT2D eigenvalue weighted by Crippen LogP contribution is -2.08. The van der Waals surface area contributed by atoms with Crippen LogP contribution in [0.2, 0.25) is 0 Å². The summed E-state index contributed by atoms with van der Waals surface area (Å²) in [5.74, 6) is 2.07. The molecule has 0 saturated heterocycles. The van der Waals surface area contributed by atoms with E-state index in [1.54, 1.807) is 6.07 Å². The van der Waals surface area contributed by atoms with E-state index in [0.717, 1.165) is 11.5 Å². The van der Waals surface area contributed by atoms with E-state index >= 15 is 0 Å². The molecule has 1 unspecified atom stereocenters. The molecule has 1 aromatic heterocycles. The predicted molar refractivity (Wildman–Crippen MR) is 65.1 cm³/mol. The summed E-state index contributed by atoms with van der Waals surface area (Å²) in [6, 6.07) is 11.3. The molecule has 2 aromatic rings. The molecule has 90 valence electrons. The minimum Gasteiger partial charge on any atom is -0.490 e. The molecule has 1 aromatic carbocycles. The van der Waals surface area contributed by atoms with E-state index in [0.29, 0.717) is 5.76 Å². The van der Waals surface area contributed by atoms with E-state index in [-0.39, 0.29) is 6.61 Å². The number of aliphatic hydroxyl groups excluding tert-OH is 1. The summed E-state index contributed by atoms with van der Waals surface area (Å²) >= 11 is 0. The highest BCUT2D eigenvalue weighted by atomic mass is 16.5. The van der Waals surface area contributed by atoms with Crippen molar-refractivity contribution in [3.05, 3.63) is 53.5 Å². The molecule has 0 aliphatic rings. The molecule has 0 bridgehead atoms. The highest BCUT2D eigenvalue weighted by molar-refractivity contribution is 5.26. The average molecular weight is 232 g/mol. The molecular formula is C14H16O3. The topological polar surface area (TPSA) is 42.6 Å². The summed E-state index contributed by atoms with van der Waals surface area (Å²) in [7, 11) is 0. The van der Waals surface area contributed by atoms with Crippen molar-refractivity contribution in [2.45, 2.75) is 20.0 Å². The minimum atomic E-state index is -0.731. The number of hydrogen-bond donors (Lipinski definition) is 1. The maximum Gasteiger partial charge on any atom is 0.145 e. The highest BCUT2D eigenvalue weighted by Crippen LogP contribution is 2.18. The monoisotopic (exact) mass is 232 g/mol. The summed E-state index contributed by atoms with van der Waals surface area (Å²) in [6.07, 6.45) is -0.731. The van der Waals surface area contributed by atoms with Crippen molar-refractivity contribution in [2.24, 2.45) is 0 Å². The molecule has 0 saturated carbocycles. The largest absolute Gasteiger partial charge is 0.490 e. The van der Waals surface area contributed by atoms with Gasteiger partial charge in [-0.25, -0.2) is 0 Å². The van der Waals surface area contributed by atoms with Crippen LogP contribution in [0.5, 0.6) is 5.75 Å². The van der Waals surface area contributed by atoms with Gasteiger partial charge in [0.05, 0.1) is 0 Å². The summed E-state index contributed by atoms with van der Waals surface area (Å²) in [5.41, 5.74) is 1.18. The molecule has 3 heteroatoms. The van der Waals surface area contributed by atoms with Gasteiger partial charge in [-0.05, 0) is 38.1 Å². The van der Waals surface area contributed by atoms with Crippen molar-refractivity contribution in [3.8, 4) is 5.75 Å². The lowest BCUT2D eigenvalue weighted by molar-refractivity contribution is 0.0880. The standard InChI is InChI=1S/C14H16O3/c1-10-3-6-12(7-4-10)16-9-13(15)14-8-5-11(2)17-14/h3-8,13,15H,9H2,1-2H3. The predicted octanol–water partition coefficient (Wildman–Crippen LogP) is 3.01. The number of ether oxygens (including phenoxy) is 1. The lowest BCUT2D eigenvalue weighted by atomic mass is 10.2. The molecule has 0 radical (unpaired) electrons. The molecule has 0 aliphatic heterocycles. The Kier molecular flexibility index (Phi) is 3.49. The van der Waals surface area contributed by atoms with Crippen LogP contribution >= 0.6 is 0 Å². The highest BCUT2D eigenvalue weighted by Gasteiger charge is 2.12. The summed E-state index contributed by atoms with van der Waals surface area (Å²) in [6.45, 7) is 4.05. The van der Waals surface area contributed by atoms with Crippen LogP contribution in [0.15, 0.2) is 40.8 Å². The van der Waals surface area contributed by atoms with Crippen LogP contribution in [0.3, 0.4) is 0 Å². The normalized spacial score (nSPS) is 12.4. The first kappa shape index (κ1) is 11.7. The average Bonchev–Trinajstić information content (AvgIpc) is 2.75. The molecule has 0 aliphatic carbocycles. The second-order valence-corrected chi connectivity index (χ2v) is 4.09. The van der Waals surface area contributed by atoms with Crippen molar-refractivity contribution in [3.63, 3.8) is 0 Å². The number of benzene rings is 1. The first-order chi connectivity index (χ1) is 8.15. The van der Waals surface area contributed by atoms with E-state index in [1.165, 1.54) is 5.56 Å². The summed E-state index contributed by atoms with van der Waals surface area (Å²) in [5, 5.41) is 9.83. The van der Waals surface area contributed by atoms with E-state index in [2.05, 4.69) is 0 Å². The van der Waals surface area contributed by atoms with Crippen molar-refractivity contribution in [1.29, 1.82) is 0 Å². The van der Waals surface area contributed by atoms with Gasteiger partial charge in [-0.15, -0.1) is 0 Å². The van der Waals surface area contributed by atoms with Gasteiger partial charge in [0.1, 0.15) is 30.0 Å². The van der Waals surface area contributed by atoms with Crippen LogP contribution in [0.25, 0.3) is 0 Å². The Morgan fingerprint density at radius 2 is 1.82 bits per heavy atom. The molecule has 1 heterocycles. The maximum absolute atomic E-state index is 9.83. The maximum atomic E-state index is 9.83. The van der Waals surface area contributed by atoms with Gasteiger partial charge in [0.15, 0.2) is 0 Å². The fourth-order valence-electron chi connectivity index (χ4n) is 1.52. The number of aryl methyl sites for hydroxylation is 2. The van der Waals surface area contributed by atoms with Crippen LogP contribution in [0, 0.1) is 13.8 Å². The molecule has 0 spiro atoms. The van der Waals surface area contributed by atoms with Gasteiger partial charge >= 0.3 is 0 Å². The van der Waals surface area contributed by atoms with Gasteiger partial charge in [0, 0.05) is 0 Å². The fraction of sp³-hybridized carbons (Fsp3) is 0.286. The Morgan fingerprint density at radius 1 is 1.12 bits per heavy atom. The van der Waals surface area contributed by atoms with Crippen LogP contribution < -0.4 is 4.74 Å². The molecule has 2 rings (SSSR count). The zero-order chi connectivity index (χ0) is 12.3. The van der Waals surface area contributed by atoms with Gasteiger partial charge < -0.3 is 14.3 Å². The summed E-state index contributed by atoms with van der Waals surface area (Å²) < 4.78 is 10.8. The van der Waals surface area contributed by atoms with Gasteiger partial charge in [-0.2, -0.15) is 0 Å². The smallest absolute Gasteiger partial charge is 0.145 e. The number of aliphatic hydroxyl groups is 1.